The van der Waals surface area contributed by atoms with Crippen molar-refractivity contribution < 1.29 is 46.0 Å². The Morgan fingerprint density at radius 2 is 1.74 bits per heavy atom. The number of benzene rings is 2. The van der Waals surface area contributed by atoms with Gasteiger partial charge in [-0.05, 0) is 80.0 Å². The van der Waals surface area contributed by atoms with Crippen LogP contribution in [0.25, 0.3) is 17.2 Å². The first kappa shape index (κ1) is 40.3. The number of fused-ring (bicyclic) bond motifs is 6. The highest BCUT2D eigenvalue weighted by atomic mass is 32.2. The summed E-state index contributed by atoms with van der Waals surface area (Å²) in [4.78, 5) is 62.8. The zero-order valence-electron chi connectivity index (χ0n) is 32.4. The molecule has 2 aromatic carbocycles. The third-order valence-electron chi connectivity index (χ3n) is 11.4. The number of sulfonamides is 1. The molecule has 3 fully saturated rings. The van der Waals surface area contributed by atoms with E-state index in [9.17, 15) is 36.4 Å². The molecule has 2 aliphatic heterocycles. The number of nitrogens with zero attached hydrogens (tertiary/aromatic N) is 2. The van der Waals surface area contributed by atoms with Crippen molar-refractivity contribution >= 4 is 45.6 Å². The smallest absolute Gasteiger partial charge is 0.408 e. The number of nitrogens with one attached hydrogen (secondary N) is 3. The van der Waals surface area contributed by atoms with Gasteiger partial charge in [0.25, 0.3) is 5.91 Å². The number of oxime groups is 1. The van der Waals surface area contributed by atoms with Crippen molar-refractivity contribution in [2.24, 2.45) is 16.5 Å². The first-order valence-corrected chi connectivity index (χ1v) is 21.1. The quantitative estimate of drug-likeness (QED) is 0.302. The maximum atomic E-state index is 14.6. The Hall–Kier alpha value is -4.86. The van der Waals surface area contributed by atoms with E-state index in [0.29, 0.717) is 25.0 Å². The highest BCUT2D eigenvalue weighted by Crippen LogP contribution is 2.48. The number of amides is 4. The molecule has 0 unspecified atom stereocenters. The van der Waals surface area contributed by atoms with Crippen molar-refractivity contribution in [3.63, 3.8) is 0 Å². The minimum Gasteiger partial charge on any atom is -0.447 e. The Kier molecular flexibility index (Phi) is 11.0. The molecule has 16 heteroatoms. The Labute approximate surface area is 331 Å². The molecular weight excluding hydrogens is 761 g/mol. The number of carbonyl (C=O) groups excluding carboxylic acids is 4. The standard InChI is InChI=1S/C41H49F2N5O8S/c1-23-11-7-5-6-8-12-24-15-18-28-27-13-9-10-14-29(27)33(30(28)19-24)46-56-25-20-32(48(22-25)37(50)34(40(2,3)4)44-39(52)55-23)36(49)45-41(21-31(41)35(42)43)38(51)47-57(53,54)26-16-17-26/h8-10,12-15,18-19,23,25-26,31-32,34-35H,5-7,11,16-17,20-22H2,1-4H3,(H,44,52)(H,45,49)(H,47,51)/b12-8+,46-33+/t23-,25-,31+,32+,34-,41+/m1/s1. The molecule has 1 saturated heterocycles. The predicted octanol–water partition coefficient (Wildman–Crippen LogP) is 5.27. The van der Waals surface area contributed by atoms with Crippen molar-refractivity contribution in [1.82, 2.24) is 20.3 Å². The lowest BCUT2D eigenvalue weighted by Gasteiger charge is -2.35. The highest BCUT2D eigenvalue weighted by molar-refractivity contribution is 7.91. The third-order valence-corrected chi connectivity index (χ3v) is 13.2. The summed E-state index contributed by atoms with van der Waals surface area (Å²) in [7, 11) is -4.13. The molecule has 57 heavy (non-hydrogen) atoms. The van der Waals surface area contributed by atoms with Crippen molar-refractivity contribution in [2.75, 3.05) is 6.54 Å². The zero-order valence-corrected chi connectivity index (χ0v) is 33.2. The van der Waals surface area contributed by atoms with Gasteiger partial charge in [0.1, 0.15) is 35.5 Å². The van der Waals surface area contributed by atoms with Gasteiger partial charge in [0, 0.05) is 17.5 Å². The molecule has 4 bridgehead atoms. The van der Waals surface area contributed by atoms with Crippen LogP contribution >= 0.6 is 0 Å². The second-order valence-electron chi connectivity index (χ2n) is 16.9. The molecule has 6 atom stereocenters. The number of rotatable bonds is 6. The zero-order chi connectivity index (χ0) is 40.9. The van der Waals surface area contributed by atoms with Crippen molar-refractivity contribution in [3.05, 3.63) is 65.2 Å². The minimum atomic E-state index is -4.13. The van der Waals surface area contributed by atoms with E-state index < -0.39 is 93.1 Å². The molecule has 0 spiro atoms. The summed E-state index contributed by atoms with van der Waals surface area (Å²) in [6.07, 6.45) is 2.02. The van der Waals surface area contributed by atoms with Gasteiger partial charge in [-0.1, -0.05) is 74.5 Å². The summed E-state index contributed by atoms with van der Waals surface area (Å²) in [5.41, 5.74) is 2.01. The van der Waals surface area contributed by atoms with Crippen LogP contribution in [0.15, 0.2) is 53.7 Å². The molecule has 2 heterocycles. The maximum absolute atomic E-state index is 14.6. The first-order valence-electron chi connectivity index (χ1n) is 19.6. The molecule has 0 aromatic heterocycles. The van der Waals surface area contributed by atoms with Crippen LogP contribution in [-0.4, -0.2) is 90.9 Å². The van der Waals surface area contributed by atoms with Gasteiger partial charge >= 0.3 is 6.09 Å². The highest BCUT2D eigenvalue weighted by Gasteiger charge is 2.67. The summed E-state index contributed by atoms with van der Waals surface area (Å²) in [6, 6.07) is 11.3. The largest absolute Gasteiger partial charge is 0.447 e. The van der Waals surface area contributed by atoms with Crippen LogP contribution in [0.1, 0.15) is 95.8 Å². The van der Waals surface area contributed by atoms with Crippen LogP contribution in [-0.2, 0) is 34.0 Å². The molecule has 13 nitrogen and oxygen atoms in total. The monoisotopic (exact) mass is 809 g/mol. The van der Waals surface area contributed by atoms with Crippen LogP contribution in [0.3, 0.4) is 0 Å². The summed E-state index contributed by atoms with van der Waals surface area (Å²) in [5, 5.41) is 8.94. The van der Waals surface area contributed by atoms with Crippen LogP contribution in [0.2, 0.25) is 0 Å². The second kappa shape index (κ2) is 15.5. The molecule has 2 saturated carbocycles. The van der Waals surface area contributed by atoms with Crippen molar-refractivity contribution in [2.45, 2.75) is 121 Å². The average Bonchev–Trinajstić information content (AvgIpc) is 4.06. The Bertz CT molecular complexity index is 2120. The van der Waals surface area contributed by atoms with Crippen LogP contribution in [0.4, 0.5) is 13.6 Å². The van der Waals surface area contributed by atoms with E-state index in [-0.39, 0.29) is 13.0 Å². The Morgan fingerprint density at radius 1 is 1.02 bits per heavy atom. The van der Waals surface area contributed by atoms with Gasteiger partial charge < -0.3 is 25.1 Å². The van der Waals surface area contributed by atoms with E-state index in [0.717, 1.165) is 47.1 Å². The van der Waals surface area contributed by atoms with Crippen molar-refractivity contribution in [3.8, 4) is 11.1 Å². The molecule has 0 radical (unpaired) electrons. The molecule has 306 valence electrons. The fourth-order valence-electron chi connectivity index (χ4n) is 7.92. The summed E-state index contributed by atoms with van der Waals surface area (Å²) in [6.45, 7) is 6.80. The first-order chi connectivity index (χ1) is 27.0. The van der Waals surface area contributed by atoms with E-state index in [1.807, 2.05) is 53.3 Å². The lowest BCUT2D eigenvalue weighted by molar-refractivity contribution is -0.143. The number of carbonyl (C=O) groups is 4. The molecule has 2 aromatic rings. The third kappa shape index (κ3) is 8.42. The van der Waals surface area contributed by atoms with E-state index in [4.69, 9.17) is 9.57 Å². The molecular formula is C41H49F2N5O8S. The number of allylic oxidation sites excluding steroid dienone is 1. The minimum absolute atomic E-state index is 0.151. The molecule has 4 amide bonds. The Balaban J connectivity index is 1.23. The molecule has 5 aliphatic rings. The van der Waals surface area contributed by atoms with Crippen LogP contribution in [0, 0.1) is 11.3 Å². The number of hydrogen-bond donors (Lipinski definition) is 3. The fourth-order valence-corrected chi connectivity index (χ4v) is 9.28. The number of cyclic esters (lactones) is 1. The van der Waals surface area contributed by atoms with Gasteiger partial charge in [-0.3, -0.25) is 19.1 Å². The number of halogens is 2. The normalized spacial score (nSPS) is 29.4. The summed E-state index contributed by atoms with van der Waals surface area (Å²) >= 11 is 0. The molecule has 7 rings (SSSR count). The van der Waals surface area contributed by atoms with Gasteiger partial charge in [0.15, 0.2) is 0 Å². The van der Waals surface area contributed by atoms with Gasteiger partial charge in [-0.2, -0.15) is 0 Å². The van der Waals surface area contributed by atoms with E-state index in [2.05, 4.69) is 21.9 Å². The molecule has 3 N–H and O–H groups in total. The van der Waals surface area contributed by atoms with Gasteiger partial charge in [-0.15, -0.1) is 0 Å². The fraction of sp³-hybridized carbons (Fsp3) is 0.537. The number of alkyl halides is 2. The van der Waals surface area contributed by atoms with Crippen LogP contribution < -0.4 is 15.4 Å². The SMILES string of the molecule is C[C@@H]1CCCC/C=C/c2ccc3c(c2)/C(=N/O[C@@H]2C[C@@H](C(=O)N[C@@]4(C(=O)NS(=O)(=O)C5CC5)C[C@H]4C(F)F)N(C2)C(=O)[C@H](C(C)(C)C)NC(=O)O1)c1ccccc1-3. The maximum Gasteiger partial charge on any atom is 0.408 e. The predicted molar refractivity (Wildman–Crippen MR) is 207 cm³/mol. The Morgan fingerprint density at radius 3 is 2.42 bits per heavy atom. The number of ether oxygens (including phenoxy) is 1. The summed E-state index contributed by atoms with van der Waals surface area (Å²) < 4.78 is 61.2. The van der Waals surface area contributed by atoms with Crippen LogP contribution in [0.5, 0.6) is 0 Å². The number of alkyl carbamates (subject to hydrolysis) is 1. The second-order valence-corrected chi connectivity index (χ2v) is 18.8. The molecule has 3 aliphatic carbocycles. The topological polar surface area (TPSA) is 173 Å². The van der Waals surface area contributed by atoms with E-state index in [1.54, 1.807) is 27.7 Å². The number of hydrogen-bond acceptors (Lipinski definition) is 9. The van der Waals surface area contributed by atoms with Crippen molar-refractivity contribution in [1.29, 1.82) is 0 Å². The van der Waals surface area contributed by atoms with Gasteiger partial charge in [-0.25, -0.2) is 22.0 Å². The van der Waals surface area contributed by atoms with E-state index >= 15 is 0 Å². The lowest BCUT2D eigenvalue weighted by Crippen LogP contribution is -2.60. The van der Waals surface area contributed by atoms with Gasteiger partial charge in [0.2, 0.25) is 28.3 Å². The lowest BCUT2D eigenvalue weighted by atomic mass is 9.85. The van der Waals surface area contributed by atoms with E-state index in [1.165, 1.54) is 4.90 Å². The summed E-state index contributed by atoms with van der Waals surface area (Å²) in [5.74, 6) is -4.51. The van der Waals surface area contributed by atoms with Gasteiger partial charge in [0.05, 0.1) is 17.7 Å². The average molecular weight is 810 g/mol.